The minimum absolute atomic E-state index is 0.256. The highest BCUT2D eigenvalue weighted by atomic mass is 35.5. The van der Waals surface area contributed by atoms with Gasteiger partial charge in [-0.05, 0) is 65.9 Å². The second-order valence-corrected chi connectivity index (χ2v) is 7.93. The predicted molar refractivity (Wildman–Crippen MR) is 133 cm³/mol. The van der Waals surface area contributed by atoms with Crippen LogP contribution in [0, 0.1) is 0 Å². The first-order valence-corrected chi connectivity index (χ1v) is 11.2. The lowest BCUT2D eigenvalue weighted by Gasteiger charge is -2.13. The fourth-order valence-electron chi connectivity index (χ4n) is 2.90. The molecule has 0 spiro atoms. The van der Waals surface area contributed by atoms with Gasteiger partial charge >= 0.3 is 12.1 Å². The number of carbonyl (C=O) groups is 4. The zero-order chi connectivity index (χ0) is 26.8. The summed E-state index contributed by atoms with van der Waals surface area (Å²) in [4.78, 5) is 46.9. The zero-order valence-corrected chi connectivity index (χ0v) is 20.2. The van der Waals surface area contributed by atoms with E-state index >= 15 is 0 Å². The van der Waals surface area contributed by atoms with Crippen LogP contribution >= 0.6 is 11.6 Å². The third-order valence-electron chi connectivity index (χ3n) is 4.70. The van der Waals surface area contributed by atoms with Crippen LogP contribution in [0.25, 0.3) is 11.8 Å². The minimum Gasteiger partial charge on any atom is -0.481 e. The Kier molecular flexibility index (Phi) is 9.27. The van der Waals surface area contributed by atoms with Crippen molar-refractivity contribution < 1.29 is 29.0 Å². The molecule has 3 aromatic rings. The molecule has 1 heterocycles. The molecule has 0 aliphatic carbocycles. The second kappa shape index (κ2) is 12.8. The smallest absolute Gasteiger partial charge is 0.411 e. The van der Waals surface area contributed by atoms with E-state index in [2.05, 4.69) is 31.5 Å². The number of carboxylic acids is 1. The predicted octanol–water partition coefficient (Wildman–Crippen LogP) is 2.50. The van der Waals surface area contributed by atoms with Crippen LogP contribution in [0.4, 0.5) is 16.2 Å². The number of nitrogens with one attached hydrogen (secondary N) is 3. The summed E-state index contributed by atoms with van der Waals surface area (Å²) in [7, 11) is 0. The third kappa shape index (κ3) is 8.43. The largest absolute Gasteiger partial charge is 0.481 e. The first-order chi connectivity index (χ1) is 17.7. The molecule has 0 aliphatic heterocycles. The van der Waals surface area contributed by atoms with Crippen LogP contribution in [-0.2, 0) is 19.1 Å². The molecule has 192 valence electrons. The maximum atomic E-state index is 12.5. The molecule has 1 atom stereocenters. The summed E-state index contributed by atoms with van der Waals surface area (Å²) in [5.41, 5.74) is 2.01. The second-order valence-electron chi connectivity index (χ2n) is 7.49. The van der Waals surface area contributed by atoms with Crippen molar-refractivity contribution in [3.05, 3.63) is 65.5 Å². The molecule has 0 bridgehead atoms. The van der Waals surface area contributed by atoms with Crippen molar-refractivity contribution in [2.24, 2.45) is 0 Å². The van der Waals surface area contributed by atoms with E-state index in [4.69, 9.17) is 21.4 Å². The van der Waals surface area contributed by atoms with Gasteiger partial charge in [-0.15, -0.1) is 5.10 Å². The highest BCUT2D eigenvalue weighted by molar-refractivity contribution is 6.30. The molecular weight excluding hydrogens is 506 g/mol. The Hall–Kier alpha value is -4.78. The standard InChI is InChI=1S/C23H22ClN7O6/c1-14(22(35)27-17-4-6-18(7-5-17)28-23(36)37-11-10-21(33)34)26-20(32)9-2-15-12-16(24)3-8-19(15)31-13-25-29-30-31/h2-9,12-14H,10-11H2,1H3,(H,26,32)(H,27,35)(H,28,36)(H,33,34). The van der Waals surface area contributed by atoms with Crippen LogP contribution in [-0.4, -0.2) is 61.8 Å². The van der Waals surface area contributed by atoms with Gasteiger partial charge in [0, 0.05) is 28.0 Å². The molecule has 0 radical (unpaired) electrons. The number of carbonyl (C=O) groups excluding carboxylic acids is 3. The molecule has 0 aliphatic rings. The van der Waals surface area contributed by atoms with Crippen molar-refractivity contribution in [1.29, 1.82) is 0 Å². The van der Waals surface area contributed by atoms with Gasteiger partial charge in [0.1, 0.15) is 19.0 Å². The van der Waals surface area contributed by atoms with Crippen LogP contribution in [0.5, 0.6) is 0 Å². The normalized spacial score (nSPS) is 11.5. The number of benzene rings is 2. The lowest BCUT2D eigenvalue weighted by molar-refractivity contribution is -0.137. The average molecular weight is 528 g/mol. The molecule has 0 saturated carbocycles. The number of halogens is 1. The SMILES string of the molecule is CC(NC(=O)C=Cc1cc(Cl)ccc1-n1cnnn1)C(=O)Nc1ccc(NC(=O)OCCC(=O)O)cc1. The number of tetrazole rings is 1. The molecule has 14 heteroatoms. The molecule has 1 unspecified atom stereocenters. The number of rotatable bonds is 10. The topological polar surface area (TPSA) is 177 Å². The van der Waals surface area contributed by atoms with Crippen LogP contribution in [0.15, 0.2) is 54.9 Å². The number of hydrogen-bond donors (Lipinski definition) is 4. The van der Waals surface area contributed by atoms with Gasteiger partial charge in [-0.25, -0.2) is 4.79 Å². The van der Waals surface area contributed by atoms with E-state index < -0.39 is 29.9 Å². The number of aromatic nitrogens is 4. The van der Waals surface area contributed by atoms with E-state index in [9.17, 15) is 19.2 Å². The monoisotopic (exact) mass is 527 g/mol. The number of aliphatic carboxylic acids is 1. The number of hydrogen-bond acceptors (Lipinski definition) is 8. The van der Waals surface area contributed by atoms with E-state index in [1.165, 1.54) is 42.2 Å². The van der Waals surface area contributed by atoms with Crippen LogP contribution in [0.3, 0.4) is 0 Å². The maximum Gasteiger partial charge on any atom is 0.411 e. The van der Waals surface area contributed by atoms with Crippen molar-refractivity contribution in [2.75, 3.05) is 17.2 Å². The molecule has 3 rings (SSSR count). The van der Waals surface area contributed by atoms with E-state index in [1.807, 2.05) is 0 Å². The van der Waals surface area contributed by atoms with Crippen LogP contribution in [0.1, 0.15) is 18.9 Å². The van der Waals surface area contributed by atoms with Gasteiger partial charge in [0.15, 0.2) is 0 Å². The summed E-state index contributed by atoms with van der Waals surface area (Å²) in [6, 6.07) is 10.3. The molecule has 2 aromatic carbocycles. The summed E-state index contributed by atoms with van der Waals surface area (Å²) < 4.78 is 6.16. The Labute approximate surface area is 215 Å². The third-order valence-corrected chi connectivity index (χ3v) is 4.93. The lowest BCUT2D eigenvalue weighted by atomic mass is 10.1. The maximum absolute atomic E-state index is 12.5. The number of nitrogens with zero attached hydrogens (tertiary/aromatic N) is 4. The van der Waals surface area contributed by atoms with E-state index in [-0.39, 0.29) is 13.0 Å². The van der Waals surface area contributed by atoms with Gasteiger partial charge in [0.05, 0.1) is 12.1 Å². The fraction of sp³-hybridized carbons (Fsp3) is 0.174. The molecule has 0 fully saturated rings. The van der Waals surface area contributed by atoms with Crippen LogP contribution < -0.4 is 16.0 Å². The highest BCUT2D eigenvalue weighted by Crippen LogP contribution is 2.20. The quantitative estimate of drug-likeness (QED) is 0.288. The zero-order valence-electron chi connectivity index (χ0n) is 19.4. The van der Waals surface area contributed by atoms with Crippen molar-refractivity contribution in [3.63, 3.8) is 0 Å². The number of ether oxygens (including phenoxy) is 1. The Morgan fingerprint density at radius 1 is 1.11 bits per heavy atom. The molecule has 3 amide bonds. The Morgan fingerprint density at radius 2 is 1.81 bits per heavy atom. The van der Waals surface area contributed by atoms with Gasteiger partial charge < -0.3 is 20.5 Å². The van der Waals surface area contributed by atoms with E-state index in [0.717, 1.165) is 0 Å². The van der Waals surface area contributed by atoms with E-state index in [0.29, 0.717) is 27.6 Å². The summed E-state index contributed by atoms with van der Waals surface area (Å²) in [5, 5.41) is 27.7. The van der Waals surface area contributed by atoms with Gasteiger partial charge in [-0.1, -0.05) is 11.6 Å². The number of anilines is 2. The average Bonchev–Trinajstić information content (AvgIpc) is 3.38. The summed E-state index contributed by atoms with van der Waals surface area (Å²) in [6.45, 7) is 1.27. The van der Waals surface area contributed by atoms with Crippen molar-refractivity contribution in [1.82, 2.24) is 25.5 Å². The van der Waals surface area contributed by atoms with Gasteiger partial charge in [-0.2, -0.15) is 4.68 Å². The van der Waals surface area contributed by atoms with E-state index in [1.54, 1.807) is 30.3 Å². The van der Waals surface area contributed by atoms with Crippen molar-refractivity contribution >= 4 is 52.9 Å². The minimum atomic E-state index is -1.08. The summed E-state index contributed by atoms with van der Waals surface area (Å²) in [5.74, 6) is -2.05. The van der Waals surface area contributed by atoms with Gasteiger partial charge in [0.2, 0.25) is 11.8 Å². The van der Waals surface area contributed by atoms with Gasteiger partial charge in [0.25, 0.3) is 0 Å². The van der Waals surface area contributed by atoms with Crippen LogP contribution in [0.2, 0.25) is 5.02 Å². The summed E-state index contributed by atoms with van der Waals surface area (Å²) in [6.07, 6.45) is 3.10. The summed E-state index contributed by atoms with van der Waals surface area (Å²) >= 11 is 6.07. The molecule has 4 N–H and O–H groups in total. The first-order valence-electron chi connectivity index (χ1n) is 10.8. The molecule has 0 saturated heterocycles. The Balaban J connectivity index is 1.51. The molecular formula is C23H22ClN7O6. The van der Waals surface area contributed by atoms with Gasteiger partial charge in [-0.3, -0.25) is 19.7 Å². The Morgan fingerprint density at radius 3 is 2.46 bits per heavy atom. The molecule has 37 heavy (non-hydrogen) atoms. The fourth-order valence-corrected chi connectivity index (χ4v) is 3.08. The number of amides is 3. The lowest BCUT2D eigenvalue weighted by Crippen LogP contribution is -2.40. The number of carboxylic acid groups (broad SMARTS) is 1. The van der Waals surface area contributed by atoms with Crippen molar-refractivity contribution in [2.45, 2.75) is 19.4 Å². The first kappa shape index (κ1) is 26.8. The highest BCUT2D eigenvalue weighted by Gasteiger charge is 2.15. The molecule has 1 aromatic heterocycles. The van der Waals surface area contributed by atoms with Crippen molar-refractivity contribution in [3.8, 4) is 5.69 Å². The molecule has 13 nitrogen and oxygen atoms in total. The Bertz CT molecular complexity index is 1300.